The smallest absolute Gasteiger partial charge is 0.220 e. The van der Waals surface area contributed by atoms with Gasteiger partial charge in [0.25, 0.3) is 0 Å². The minimum absolute atomic E-state index is 0.105. The van der Waals surface area contributed by atoms with E-state index in [1.807, 2.05) is 18.2 Å². The third-order valence-corrected chi connectivity index (χ3v) is 16.6. The summed E-state index contributed by atoms with van der Waals surface area (Å²) in [7, 11) is 0. The molecule has 3 rings (SSSR count). The summed E-state index contributed by atoms with van der Waals surface area (Å²) in [5, 5.41) is 120. The zero-order valence-electron chi connectivity index (χ0n) is 54.6. The first-order chi connectivity index (χ1) is 43.8. The standard InChI is InChI=1S/C71H121NO18/c1-3-5-7-9-11-13-15-17-19-21-23-24-25-26-27-28-29-31-32-34-36-38-40-42-44-46-48-55(76)54(72-59(77)49-47-45-43-41-39-37-35-33-30-22-20-18-16-14-12-10-8-6-4-2)53-85-69-65(83)62(80)67(57(51-74)87-69)90-71-66(84)63(81)68(58(52-75)88-71)89-70-64(82)61(79)60(78)56(50-73)86-70/h6,8,12,14,18,20,30,33,37-40,43,45-46,48,54-58,60-71,73-76,78-84H,3-5,7,9-11,13,15-17,19,21-29,31-32,34-36,41-42,44,47,49-53H2,1-2H3,(H,72,77)/b8-6-,14-12-,20-18-,33-30-,39-37-,40-38+,45-43-,48-46+. The van der Waals surface area contributed by atoms with Crippen LogP contribution in [0.3, 0.4) is 0 Å². The van der Waals surface area contributed by atoms with Crippen LogP contribution in [-0.2, 0) is 33.2 Å². The summed E-state index contributed by atoms with van der Waals surface area (Å²) in [6.45, 7) is 1.54. The lowest BCUT2D eigenvalue weighted by Crippen LogP contribution is -2.66. The van der Waals surface area contributed by atoms with Gasteiger partial charge in [0.15, 0.2) is 18.9 Å². The molecule has 0 aromatic heterocycles. The summed E-state index contributed by atoms with van der Waals surface area (Å²) in [4.78, 5) is 13.3. The lowest BCUT2D eigenvalue weighted by molar-refractivity contribution is -0.379. The van der Waals surface area contributed by atoms with Crippen molar-refractivity contribution in [1.82, 2.24) is 5.32 Å². The largest absolute Gasteiger partial charge is 0.394 e. The van der Waals surface area contributed by atoms with Crippen LogP contribution in [0.1, 0.15) is 213 Å². The molecule has 0 saturated carbocycles. The van der Waals surface area contributed by atoms with E-state index in [2.05, 4.69) is 92.1 Å². The quantitative estimate of drug-likeness (QED) is 0.0200. The number of carbonyl (C=O) groups excluding carboxylic acids is 1. The molecule has 0 aromatic rings. The van der Waals surface area contributed by atoms with E-state index in [4.69, 9.17) is 28.4 Å². The molecule has 3 fully saturated rings. The van der Waals surface area contributed by atoms with Crippen LogP contribution >= 0.6 is 0 Å². The number of aliphatic hydroxyl groups is 11. The highest BCUT2D eigenvalue weighted by Gasteiger charge is 2.53. The molecule has 0 radical (unpaired) electrons. The number of hydrogen-bond donors (Lipinski definition) is 12. The van der Waals surface area contributed by atoms with Gasteiger partial charge < -0.3 is 89.9 Å². The Kier molecular flexibility index (Phi) is 46.8. The van der Waals surface area contributed by atoms with E-state index in [1.54, 1.807) is 6.08 Å². The molecule has 1 amide bonds. The second kappa shape index (κ2) is 52.0. The van der Waals surface area contributed by atoms with E-state index in [9.17, 15) is 61.0 Å². The Bertz CT molecular complexity index is 2010. The number of unbranched alkanes of at least 4 members (excludes halogenated alkanes) is 21. The molecule has 12 N–H and O–H groups in total. The number of allylic oxidation sites excluding steroid dienone is 15. The highest BCUT2D eigenvalue weighted by atomic mass is 16.8. The summed E-state index contributed by atoms with van der Waals surface area (Å²) < 4.78 is 34.3. The maximum Gasteiger partial charge on any atom is 0.220 e. The molecule has 90 heavy (non-hydrogen) atoms. The van der Waals surface area contributed by atoms with E-state index >= 15 is 0 Å². The fraction of sp³-hybridized carbons (Fsp3) is 0.761. The highest BCUT2D eigenvalue weighted by molar-refractivity contribution is 5.76. The molecule has 0 spiro atoms. The molecule has 3 saturated heterocycles. The Morgan fingerprint density at radius 2 is 0.778 bits per heavy atom. The van der Waals surface area contributed by atoms with Gasteiger partial charge >= 0.3 is 0 Å². The number of aliphatic hydroxyl groups excluding tert-OH is 11. The third kappa shape index (κ3) is 33.7. The molecule has 3 heterocycles. The average molecular weight is 1280 g/mol. The summed E-state index contributed by atoms with van der Waals surface area (Å²) in [6.07, 6.45) is 41.2. The van der Waals surface area contributed by atoms with Crippen LogP contribution in [0.4, 0.5) is 0 Å². The third-order valence-electron chi connectivity index (χ3n) is 16.6. The van der Waals surface area contributed by atoms with E-state index < -0.39 is 131 Å². The first-order valence-corrected chi connectivity index (χ1v) is 34.5. The van der Waals surface area contributed by atoms with Crippen LogP contribution in [0.15, 0.2) is 97.2 Å². The number of rotatable bonds is 51. The molecule has 0 bridgehead atoms. The molecule has 0 aromatic carbocycles. The maximum absolute atomic E-state index is 13.3. The van der Waals surface area contributed by atoms with Crippen LogP contribution in [0.25, 0.3) is 0 Å². The number of amides is 1. The van der Waals surface area contributed by atoms with Crippen molar-refractivity contribution in [2.24, 2.45) is 0 Å². The zero-order chi connectivity index (χ0) is 65.4. The Morgan fingerprint density at radius 3 is 1.23 bits per heavy atom. The summed E-state index contributed by atoms with van der Waals surface area (Å²) >= 11 is 0. The van der Waals surface area contributed by atoms with E-state index in [0.717, 1.165) is 51.4 Å². The zero-order valence-corrected chi connectivity index (χ0v) is 54.6. The molecule has 17 atom stereocenters. The lowest BCUT2D eigenvalue weighted by atomic mass is 9.96. The second-order valence-electron chi connectivity index (χ2n) is 24.2. The molecular weight excluding hydrogens is 1150 g/mol. The van der Waals surface area contributed by atoms with E-state index in [1.165, 1.54) is 122 Å². The Hall–Kier alpha value is -3.29. The second-order valence-corrected chi connectivity index (χ2v) is 24.2. The molecule has 0 aliphatic carbocycles. The fourth-order valence-electron chi connectivity index (χ4n) is 11.1. The van der Waals surface area contributed by atoms with Crippen molar-refractivity contribution in [2.45, 2.75) is 317 Å². The van der Waals surface area contributed by atoms with Crippen molar-refractivity contribution in [3.63, 3.8) is 0 Å². The van der Waals surface area contributed by atoms with Crippen LogP contribution in [0, 0.1) is 0 Å². The Balaban J connectivity index is 1.48. The van der Waals surface area contributed by atoms with Gasteiger partial charge in [0.2, 0.25) is 5.91 Å². The van der Waals surface area contributed by atoms with Gasteiger partial charge in [-0.2, -0.15) is 0 Å². The Labute approximate surface area is 539 Å². The minimum Gasteiger partial charge on any atom is -0.394 e. The van der Waals surface area contributed by atoms with Crippen LogP contribution in [0.5, 0.6) is 0 Å². The van der Waals surface area contributed by atoms with Crippen molar-refractivity contribution in [3.05, 3.63) is 97.2 Å². The first kappa shape index (κ1) is 80.9. The summed E-state index contributed by atoms with van der Waals surface area (Å²) in [6, 6.07) is -1.04. The van der Waals surface area contributed by atoms with Crippen molar-refractivity contribution >= 4 is 5.91 Å². The predicted molar refractivity (Wildman–Crippen MR) is 351 cm³/mol. The molecule has 19 heteroatoms. The monoisotopic (exact) mass is 1280 g/mol. The number of hydrogen-bond acceptors (Lipinski definition) is 18. The van der Waals surface area contributed by atoms with Crippen LogP contribution in [0.2, 0.25) is 0 Å². The van der Waals surface area contributed by atoms with E-state index in [0.29, 0.717) is 19.3 Å². The molecule has 19 nitrogen and oxygen atoms in total. The van der Waals surface area contributed by atoms with Crippen molar-refractivity contribution < 1.29 is 89.4 Å². The van der Waals surface area contributed by atoms with Gasteiger partial charge in [-0.1, -0.05) is 233 Å². The number of carbonyl (C=O) groups is 1. The summed E-state index contributed by atoms with van der Waals surface area (Å²) in [5.41, 5.74) is 0. The van der Waals surface area contributed by atoms with Gasteiger partial charge in [-0.3, -0.25) is 4.79 Å². The van der Waals surface area contributed by atoms with Crippen molar-refractivity contribution in [2.75, 3.05) is 26.4 Å². The van der Waals surface area contributed by atoms with Gasteiger partial charge in [0.1, 0.15) is 73.2 Å². The minimum atomic E-state index is -1.99. The average Bonchev–Trinajstić information content (AvgIpc) is 0.846. The molecule has 518 valence electrons. The SMILES string of the molecule is CC/C=C\C/C=C\C/C=C\C/C=C\C/C=C\C/C=C\CCC(=O)NC(COC1OC(CO)C(OC2OC(CO)C(OC3OC(CO)C(O)C(O)C3O)C(O)C2O)C(O)C1O)C(O)/C=C/CC/C=C/CCCCCCCCCCCCCCCCCCCCCC. The van der Waals surface area contributed by atoms with Crippen molar-refractivity contribution in [1.29, 1.82) is 0 Å². The Morgan fingerprint density at radius 1 is 0.411 bits per heavy atom. The summed E-state index contributed by atoms with van der Waals surface area (Å²) in [5.74, 6) is -0.370. The van der Waals surface area contributed by atoms with Gasteiger partial charge in [-0.05, 0) is 70.6 Å². The number of nitrogens with one attached hydrogen (secondary N) is 1. The maximum atomic E-state index is 13.3. The van der Waals surface area contributed by atoms with Crippen molar-refractivity contribution in [3.8, 4) is 0 Å². The first-order valence-electron chi connectivity index (χ1n) is 34.5. The predicted octanol–water partition coefficient (Wildman–Crippen LogP) is 8.88. The van der Waals surface area contributed by atoms with Gasteiger partial charge in [-0.15, -0.1) is 0 Å². The molecule has 3 aliphatic rings. The van der Waals surface area contributed by atoms with Gasteiger partial charge in [-0.25, -0.2) is 0 Å². The highest BCUT2D eigenvalue weighted by Crippen LogP contribution is 2.33. The topological polar surface area (TPSA) is 307 Å². The van der Waals surface area contributed by atoms with E-state index in [-0.39, 0.29) is 12.3 Å². The molecule has 17 unspecified atom stereocenters. The van der Waals surface area contributed by atoms with Crippen LogP contribution < -0.4 is 5.32 Å². The van der Waals surface area contributed by atoms with Crippen LogP contribution in [-0.4, -0.2) is 193 Å². The fourth-order valence-corrected chi connectivity index (χ4v) is 11.1. The normalized spacial score (nSPS) is 28.7. The number of ether oxygens (including phenoxy) is 6. The van der Waals surface area contributed by atoms with Gasteiger partial charge in [0, 0.05) is 6.42 Å². The lowest BCUT2D eigenvalue weighted by Gasteiger charge is -2.48. The molecular formula is C71H121NO18. The molecule has 3 aliphatic heterocycles. The van der Waals surface area contributed by atoms with Gasteiger partial charge in [0.05, 0.1) is 38.6 Å².